The molecule has 6 nitrogen and oxygen atoms in total. The van der Waals surface area contributed by atoms with Gasteiger partial charge in [0.2, 0.25) is 0 Å². The maximum absolute atomic E-state index is 12.5. The van der Waals surface area contributed by atoms with Crippen molar-refractivity contribution in [1.29, 1.82) is 0 Å². The lowest BCUT2D eigenvalue weighted by Crippen LogP contribution is -2.52. The number of nitrogens with one attached hydrogen (secondary N) is 1. The molecule has 0 radical (unpaired) electrons. The summed E-state index contributed by atoms with van der Waals surface area (Å²) in [6.07, 6.45) is 0.607. The van der Waals surface area contributed by atoms with Crippen LogP contribution >= 0.6 is 0 Å². The predicted octanol–water partition coefficient (Wildman–Crippen LogP) is 0.768. The number of rotatable bonds is 1. The summed E-state index contributed by atoms with van der Waals surface area (Å²) >= 11 is 0. The van der Waals surface area contributed by atoms with Crippen molar-refractivity contribution in [3.63, 3.8) is 0 Å². The Balaban J connectivity index is 1.77. The van der Waals surface area contributed by atoms with Crippen molar-refractivity contribution < 1.29 is 14.7 Å². The molecule has 1 aromatic carbocycles. The lowest BCUT2D eigenvalue weighted by Gasteiger charge is -2.36. The van der Waals surface area contributed by atoms with Crippen LogP contribution in [-0.2, 0) is 13.0 Å². The van der Waals surface area contributed by atoms with E-state index >= 15 is 0 Å². The second-order valence-electron chi connectivity index (χ2n) is 5.44. The molecule has 3 rings (SSSR count). The minimum absolute atomic E-state index is 0.0582. The van der Waals surface area contributed by atoms with E-state index in [1.807, 2.05) is 15.9 Å². The van der Waals surface area contributed by atoms with Crippen LogP contribution < -0.4 is 5.32 Å². The van der Waals surface area contributed by atoms with Crippen LogP contribution in [0, 0.1) is 0 Å². The molecule has 1 fully saturated rings. The van der Waals surface area contributed by atoms with Gasteiger partial charge < -0.3 is 20.2 Å². The summed E-state index contributed by atoms with van der Waals surface area (Å²) in [5.41, 5.74) is 2.18. The van der Waals surface area contributed by atoms with E-state index in [9.17, 15) is 14.7 Å². The Morgan fingerprint density at radius 3 is 2.57 bits per heavy atom. The van der Waals surface area contributed by atoms with E-state index < -0.39 is 5.97 Å². The van der Waals surface area contributed by atoms with Gasteiger partial charge in [0.15, 0.2) is 0 Å². The van der Waals surface area contributed by atoms with Gasteiger partial charge in [-0.3, -0.25) is 0 Å². The molecule has 0 aliphatic carbocycles. The van der Waals surface area contributed by atoms with Gasteiger partial charge in [0.25, 0.3) is 0 Å². The first kappa shape index (κ1) is 13.9. The molecule has 2 heterocycles. The molecule has 2 aliphatic rings. The number of carboxylic acids is 1. The molecule has 1 saturated heterocycles. The van der Waals surface area contributed by atoms with Crippen LogP contribution in [0.1, 0.15) is 21.5 Å². The molecular weight excluding hydrogens is 270 g/mol. The summed E-state index contributed by atoms with van der Waals surface area (Å²) in [6, 6.07) is 5.36. The van der Waals surface area contributed by atoms with Crippen LogP contribution in [0.3, 0.4) is 0 Å². The second-order valence-corrected chi connectivity index (χ2v) is 5.44. The van der Waals surface area contributed by atoms with E-state index in [1.54, 1.807) is 12.1 Å². The first-order chi connectivity index (χ1) is 10.2. The van der Waals surface area contributed by atoms with E-state index in [0.29, 0.717) is 25.1 Å². The van der Waals surface area contributed by atoms with Crippen LogP contribution in [0.4, 0.5) is 4.79 Å². The Hall–Kier alpha value is -2.08. The third-order valence-corrected chi connectivity index (χ3v) is 4.15. The zero-order valence-electron chi connectivity index (χ0n) is 11.8. The first-order valence-corrected chi connectivity index (χ1v) is 7.25. The third-order valence-electron chi connectivity index (χ3n) is 4.15. The summed E-state index contributed by atoms with van der Waals surface area (Å²) in [7, 11) is 0. The fraction of sp³-hybridized carbons (Fsp3) is 0.467. The average molecular weight is 289 g/mol. The molecule has 0 bridgehead atoms. The largest absolute Gasteiger partial charge is 0.478 e. The van der Waals surface area contributed by atoms with Gasteiger partial charge in [0.05, 0.1) is 5.56 Å². The zero-order chi connectivity index (χ0) is 14.8. The molecule has 0 unspecified atom stereocenters. The lowest BCUT2D eigenvalue weighted by atomic mass is 9.94. The Morgan fingerprint density at radius 1 is 1.10 bits per heavy atom. The molecular formula is C15H19N3O3. The highest BCUT2D eigenvalue weighted by molar-refractivity contribution is 5.90. The van der Waals surface area contributed by atoms with Crippen LogP contribution in [0.5, 0.6) is 0 Å². The van der Waals surface area contributed by atoms with Crippen molar-refractivity contribution in [2.75, 3.05) is 32.7 Å². The Labute approximate surface area is 123 Å². The molecule has 0 aromatic heterocycles. The fourth-order valence-electron chi connectivity index (χ4n) is 3.03. The molecule has 0 atom stereocenters. The van der Waals surface area contributed by atoms with Crippen molar-refractivity contribution >= 4 is 12.0 Å². The molecule has 21 heavy (non-hydrogen) atoms. The van der Waals surface area contributed by atoms with E-state index in [4.69, 9.17) is 0 Å². The number of nitrogens with zero attached hydrogens (tertiary/aromatic N) is 2. The first-order valence-electron chi connectivity index (χ1n) is 7.25. The molecule has 2 aliphatic heterocycles. The third kappa shape index (κ3) is 2.71. The van der Waals surface area contributed by atoms with Crippen molar-refractivity contribution in [3.8, 4) is 0 Å². The van der Waals surface area contributed by atoms with Gasteiger partial charge in [-0.05, 0) is 23.6 Å². The van der Waals surface area contributed by atoms with E-state index in [1.165, 1.54) is 0 Å². The smallest absolute Gasteiger partial charge is 0.335 e. The van der Waals surface area contributed by atoms with Gasteiger partial charge in [0, 0.05) is 39.3 Å². The number of carbonyl (C=O) groups excluding carboxylic acids is 1. The Bertz CT molecular complexity index is 567. The van der Waals surface area contributed by atoms with Gasteiger partial charge in [-0.25, -0.2) is 9.59 Å². The number of amides is 2. The molecule has 0 spiro atoms. The van der Waals surface area contributed by atoms with Gasteiger partial charge in [-0.2, -0.15) is 0 Å². The molecule has 1 aromatic rings. The average Bonchev–Trinajstić information content (AvgIpc) is 2.53. The van der Waals surface area contributed by atoms with Crippen LogP contribution in [0.2, 0.25) is 0 Å². The summed E-state index contributed by atoms with van der Waals surface area (Å²) in [5.74, 6) is -0.895. The monoisotopic (exact) mass is 289 g/mol. The van der Waals surface area contributed by atoms with Gasteiger partial charge in [-0.1, -0.05) is 12.1 Å². The van der Waals surface area contributed by atoms with Crippen LogP contribution in [0.15, 0.2) is 18.2 Å². The quantitative estimate of drug-likeness (QED) is 0.801. The SMILES string of the molecule is O=C(O)c1cccc2c1CCN(C(=O)N1CCNCC1)C2. The van der Waals surface area contributed by atoms with E-state index in [-0.39, 0.29) is 6.03 Å². The van der Waals surface area contributed by atoms with E-state index in [0.717, 1.165) is 37.3 Å². The second kappa shape index (κ2) is 5.73. The highest BCUT2D eigenvalue weighted by Crippen LogP contribution is 2.23. The molecule has 2 N–H and O–H groups in total. The lowest BCUT2D eigenvalue weighted by molar-refractivity contribution is 0.0695. The van der Waals surface area contributed by atoms with Gasteiger partial charge in [0.1, 0.15) is 0 Å². The summed E-state index contributed by atoms with van der Waals surface area (Å²) in [6.45, 7) is 4.21. The fourth-order valence-corrected chi connectivity index (χ4v) is 3.03. The topological polar surface area (TPSA) is 72.9 Å². The summed E-state index contributed by atoms with van der Waals surface area (Å²) < 4.78 is 0. The van der Waals surface area contributed by atoms with Crippen LogP contribution in [0.25, 0.3) is 0 Å². The molecule has 6 heteroatoms. The number of hydrogen-bond donors (Lipinski definition) is 2. The van der Waals surface area contributed by atoms with Gasteiger partial charge >= 0.3 is 12.0 Å². The summed E-state index contributed by atoms with van der Waals surface area (Å²) in [4.78, 5) is 27.4. The van der Waals surface area contributed by atoms with Crippen molar-refractivity contribution in [2.24, 2.45) is 0 Å². The minimum atomic E-state index is -0.895. The number of urea groups is 1. The Morgan fingerprint density at radius 2 is 1.86 bits per heavy atom. The number of carbonyl (C=O) groups is 2. The highest BCUT2D eigenvalue weighted by Gasteiger charge is 2.27. The molecule has 0 saturated carbocycles. The van der Waals surface area contributed by atoms with Gasteiger partial charge in [-0.15, -0.1) is 0 Å². The van der Waals surface area contributed by atoms with E-state index in [2.05, 4.69) is 5.32 Å². The minimum Gasteiger partial charge on any atom is -0.478 e. The number of aromatic carboxylic acids is 1. The molecule has 2 amide bonds. The van der Waals surface area contributed by atoms with Crippen molar-refractivity contribution in [2.45, 2.75) is 13.0 Å². The standard InChI is InChI=1S/C15H19N3O3/c19-14(20)13-3-1-2-11-10-18(7-4-12(11)13)15(21)17-8-5-16-6-9-17/h1-3,16H,4-10H2,(H,19,20). The van der Waals surface area contributed by atoms with Crippen LogP contribution in [-0.4, -0.2) is 59.6 Å². The number of carboxylic acid groups (broad SMARTS) is 1. The number of piperazine rings is 1. The highest BCUT2D eigenvalue weighted by atomic mass is 16.4. The maximum Gasteiger partial charge on any atom is 0.335 e. The predicted molar refractivity (Wildman–Crippen MR) is 77.4 cm³/mol. The van der Waals surface area contributed by atoms with Crippen molar-refractivity contribution in [1.82, 2.24) is 15.1 Å². The number of fused-ring (bicyclic) bond motifs is 1. The Kier molecular flexibility index (Phi) is 3.79. The maximum atomic E-state index is 12.5. The number of hydrogen-bond acceptors (Lipinski definition) is 3. The van der Waals surface area contributed by atoms with Crippen molar-refractivity contribution in [3.05, 3.63) is 34.9 Å². The normalized spacial score (nSPS) is 18.3. The molecule has 112 valence electrons. The summed E-state index contributed by atoms with van der Waals surface area (Å²) in [5, 5.41) is 12.5. The zero-order valence-corrected chi connectivity index (χ0v) is 11.8. The number of benzene rings is 1.